The van der Waals surface area contributed by atoms with Crippen LogP contribution in [-0.4, -0.2) is 25.1 Å². The van der Waals surface area contributed by atoms with Gasteiger partial charge in [0.15, 0.2) is 0 Å². The molecule has 0 saturated heterocycles. The van der Waals surface area contributed by atoms with Crippen molar-refractivity contribution in [1.29, 1.82) is 0 Å². The molecule has 6 nitrogen and oxygen atoms in total. The highest BCUT2D eigenvalue weighted by atomic mass is 16.6. The van der Waals surface area contributed by atoms with Crippen molar-refractivity contribution in [3.63, 3.8) is 0 Å². The van der Waals surface area contributed by atoms with Crippen LogP contribution in [0, 0.1) is 17.0 Å². The Morgan fingerprint density at radius 1 is 1.38 bits per heavy atom. The largest absolute Gasteiger partial charge is 0.496 e. The van der Waals surface area contributed by atoms with Crippen molar-refractivity contribution in [2.24, 2.45) is 0 Å². The summed E-state index contributed by atoms with van der Waals surface area (Å²) in [6.07, 6.45) is 0. The van der Waals surface area contributed by atoms with Crippen molar-refractivity contribution in [2.45, 2.75) is 6.92 Å². The van der Waals surface area contributed by atoms with E-state index >= 15 is 0 Å². The summed E-state index contributed by atoms with van der Waals surface area (Å²) in [5.74, 6) is -0.407. The maximum Gasteiger partial charge on any atom is 0.341 e. The zero-order valence-electron chi connectivity index (χ0n) is 9.14. The molecule has 1 rings (SSSR count). The van der Waals surface area contributed by atoms with Crippen LogP contribution in [0.25, 0.3) is 0 Å². The van der Waals surface area contributed by atoms with Crippen LogP contribution < -0.4 is 4.74 Å². The maximum atomic E-state index is 11.4. The summed E-state index contributed by atoms with van der Waals surface area (Å²) in [6, 6.07) is 2.59. The zero-order valence-corrected chi connectivity index (χ0v) is 9.14. The van der Waals surface area contributed by atoms with Crippen LogP contribution in [0.3, 0.4) is 0 Å². The maximum absolute atomic E-state index is 11.4. The monoisotopic (exact) mass is 225 g/mol. The van der Waals surface area contributed by atoms with Crippen LogP contribution in [0.2, 0.25) is 0 Å². The Kier molecular flexibility index (Phi) is 3.44. The van der Waals surface area contributed by atoms with Crippen molar-refractivity contribution in [3.05, 3.63) is 33.4 Å². The van der Waals surface area contributed by atoms with Crippen molar-refractivity contribution in [1.82, 2.24) is 0 Å². The van der Waals surface area contributed by atoms with Gasteiger partial charge in [0, 0.05) is 11.6 Å². The first-order valence-electron chi connectivity index (χ1n) is 4.42. The lowest BCUT2D eigenvalue weighted by Crippen LogP contribution is -2.06. The molecule has 0 saturated carbocycles. The number of carbonyl (C=O) groups excluding carboxylic acids is 1. The molecule has 1 aromatic carbocycles. The third-order valence-corrected chi connectivity index (χ3v) is 2.12. The molecule has 0 aromatic heterocycles. The van der Waals surface area contributed by atoms with Crippen molar-refractivity contribution < 1.29 is 19.2 Å². The molecule has 0 N–H and O–H groups in total. The normalized spacial score (nSPS) is 9.69. The number of ether oxygens (including phenoxy) is 2. The Bertz CT molecular complexity index is 441. The number of aryl methyl sites for hydroxylation is 1. The van der Waals surface area contributed by atoms with E-state index in [2.05, 4.69) is 4.74 Å². The number of methoxy groups -OCH3 is 2. The van der Waals surface area contributed by atoms with E-state index in [0.717, 1.165) is 6.07 Å². The first-order chi connectivity index (χ1) is 7.51. The first kappa shape index (κ1) is 12.0. The summed E-state index contributed by atoms with van der Waals surface area (Å²) in [7, 11) is 2.58. The lowest BCUT2D eigenvalue weighted by atomic mass is 10.1. The Morgan fingerprint density at radius 2 is 2.00 bits per heavy atom. The average Bonchev–Trinajstić information content (AvgIpc) is 2.27. The molecular formula is C10H11NO5. The number of nitro benzene ring substituents is 1. The highest BCUT2D eigenvalue weighted by molar-refractivity contribution is 5.93. The Balaban J connectivity index is 3.40. The number of nitro groups is 1. The van der Waals surface area contributed by atoms with Gasteiger partial charge in [-0.05, 0) is 13.0 Å². The average molecular weight is 225 g/mol. The fourth-order valence-electron chi connectivity index (χ4n) is 1.31. The Morgan fingerprint density at radius 3 is 2.44 bits per heavy atom. The summed E-state index contributed by atoms with van der Waals surface area (Å²) in [5.41, 5.74) is 0.331. The van der Waals surface area contributed by atoms with Gasteiger partial charge in [0.25, 0.3) is 5.69 Å². The fraction of sp³-hybridized carbons (Fsp3) is 0.300. The van der Waals surface area contributed by atoms with Crippen LogP contribution >= 0.6 is 0 Å². The lowest BCUT2D eigenvalue weighted by Gasteiger charge is -2.07. The molecule has 16 heavy (non-hydrogen) atoms. The summed E-state index contributed by atoms with van der Waals surface area (Å²) in [4.78, 5) is 21.5. The lowest BCUT2D eigenvalue weighted by molar-refractivity contribution is -0.385. The zero-order chi connectivity index (χ0) is 12.3. The number of nitrogens with zero attached hydrogens (tertiary/aromatic N) is 1. The van der Waals surface area contributed by atoms with Gasteiger partial charge in [0.05, 0.1) is 19.1 Å². The molecule has 0 aliphatic heterocycles. The molecule has 0 fully saturated rings. The van der Waals surface area contributed by atoms with Crippen molar-refractivity contribution >= 4 is 11.7 Å². The molecular weight excluding hydrogens is 214 g/mol. The van der Waals surface area contributed by atoms with Crippen LogP contribution in [0.5, 0.6) is 5.75 Å². The van der Waals surface area contributed by atoms with E-state index in [1.54, 1.807) is 6.92 Å². The molecule has 0 atom stereocenters. The van der Waals surface area contributed by atoms with Gasteiger partial charge in [0.1, 0.15) is 11.3 Å². The molecule has 0 heterocycles. The summed E-state index contributed by atoms with van der Waals surface area (Å²) in [6.45, 7) is 1.57. The van der Waals surface area contributed by atoms with Crippen LogP contribution in [0.4, 0.5) is 5.69 Å². The van der Waals surface area contributed by atoms with E-state index in [-0.39, 0.29) is 17.0 Å². The van der Waals surface area contributed by atoms with E-state index in [4.69, 9.17) is 4.74 Å². The predicted molar refractivity (Wildman–Crippen MR) is 55.7 cm³/mol. The van der Waals surface area contributed by atoms with Gasteiger partial charge in [-0.25, -0.2) is 4.79 Å². The molecule has 0 aliphatic rings. The molecule has 0 unspecified atom stereocenters. The molecule has 0 bridgehead atoms. The molecule has 0 aliphatic carbocycles. The third kappa shape index (κ3) is 2.10. The summed E-state index contributed by atoms with van der Waals surface area (Å²) in [5, 5.41) is 10.7. The highest BCUT2D eigenvalue weighted by Gasteiger charge is 2.20. The van der Waals surface area contributed by atoms with Gasteiger partial charge in [0.2, 0.25) is 0 Å². The number of rotatable bonds is 3. The van der Waals surface area contributed by atoms with Crippen molar-refractivity contribution in [2.75, 3.05) is 14.2 Å². The quantitative estimate of drug-likeness (QED) is 0.444. The van der Waals surface area contributed by atoms with Crippen LogP contribution in [0.15, 0.2) is 12.1 Å². The second-order valence-corrected chi connectivity index (χ2v) is 3.09. The predicted octanol–water partition coefficient (Wildman–Crippen LogP) is 1.70. The van der Waals surface area contributed by atoms with E-state index in [0.29, 0.717) is 5.56 Å². The van der Waals surface area contributed by atoms with Crippen LogP contribution in [0.1, 0.15) is 15.9 Å². The fourth-order valence-corrected chi connectivity index (χ4v) is 1.31. The molecule has 1 aromatic rings. The molecule has 0 amide bonds. The van der Waals surface area contributed by atoms with Crippen LogP contribution in [-0.2, 0) is 4.74 Å². The van der Waals surface area contributed by atoms with Gasteiger partial charge in [-0.2, -0.15) is 0 Å². The minimum absolute atomic E-state index is 0.0438. The van der Waals surface area contributed by atoms with Gasteiger partial charge < -0.3 is 9.47 Å². The minimum Gasteiger partial charge on any atom is -0.496 e. The standard InChI is InChI=1S/C10H11NO5/c1-6-4-9(15-2)7(10(12)16-3)5-8(6)11(13)14/h4-5H,1-3H3. The van der Waals surface area contributed by atoms with Gasteiger partial charge in [-0.1, -0.05) is 0 Å². The molecule has 6 heteroatoms. The van der Waals surface area contributed by atoms with Gasteiger partial charge >= 0.3 is 5.97 Å². The molecule has 86 valence electrons. The highest BCUT2D eigenvalue weighted by Crippen LogP contribution is 2.28. The molecule has 0 radical (unpaired) electrons. The van der Waals surface area contributed by atoms with Gasteiger partial charge in [-0.15, -0.1) is 0 Å². The number of carbonyl (C=O) groups is 1. The topological polar surface area (TPSA) is 78.7 Å². The second kappa shape index (κ2) is 4.61. The first-order valence-corrected chi connectivity index (χ1v) is 4.42. The van der Waals surface area contributed by atoms with E-state index in [9.17, 15) is 14.9 Å². The SMILES string of the molecule is COC(=O)c1cc([N+](=O)[O-])c(C)cc1OC. The van der Waals surface area contributed by atoms with E-state index in [1.165, 1.54) is 20.3 Å². The number of esters is 1. The number of hydrogen-bond donors (Lipinski definition) is 0. The smallest absolute Gasteiger partial charge is 0.341 e. The Labute approximate surface area is 91.9 Å². The second-order valence-electron chi connectivity index (χ2n) is 3.09. The van der Waals surface area contributed by atoms with Gasteiger partial charge in [-0.3, -0.25) is 10.1 Å². The summed E-state index contributed by atoms with van der Waals surface area (Å²) < 4.78 is 9.47. The van der Waals surface area contributed by atoms with E-state index < -0.39 is 10.9 Å². The number of hydrogen-bond acceptors (Lipinski definition) is 5. The minimum atomic E-state index is -0.667. The molecule has 0 spiro atoms. The van der Waals surface area contributed by atoms with E-state index in [1.807, 2.05) is 0 Å². The summed E-state index contributed by atoms with van der Waals surface area (Å²) >= 11 is 0. The Hall–Kier alpha value is -2.11. The number of benzene rings is 1. The van der Waals surface area contributed by atoms with Crippen molar-refractivity contribution in [3.8, 4) is 5.75 Å². The third-order valence-electron chi connectivity index (χ3n) is 2.12.